The molecule has 0 unspecified atom stereocenters. The zero-order valence-corrected chi connectivity index (χ0v) is 8.04. The van der Waals surface area contributed by atoms with Gasteiger partial charge in [-0.05, 0) is 12.5 Å². The molecule has 0 saturated carbocycles. The van der Waals surface area contributed by atoms with Crippen molar-refractivity contribution in [1.82, 2.24) is 4.98 Å². The smallest absolute Gasteiger partial charge is 0.337 e. The summed E-state index contributed by atoms with van der Waals surface area (Å²) in [5, 5.41) is 17.3. The Morgan fingerprint density at radius 1 is 1.14 bits per heavy atom. The summed E-state index contributed by atoms with van der Waals surface area (Å²) in [4.78, 5) is 24.7. The number of halogens is 1. The lowest BCUT2D eigenvalue weighted by Crippen LogP contribution is -2.07. The molecule has 1 aromatic rings. The van der Waals surface area contributed by atoms with Crippen molar-refractivity contribution in [3.05, 3.63) is 29.1 Å². The maximum Gasteiger partial charge on any atom is 0.337 e. The normalized spacial score (nSPS) is 8.93. The van der Waals surface area contributed by atoms with E-state index in [4.69, 9.17) is 10.2 Å². The van der Waals surface area contributed by atoms with Crippen molar-refractivity contribution in [2.75, 3.05) is 0 Å². The molecule has 0 spiro atoms. The van der Waals surface area contributed by atoms with E-state index in [1.165, 1.54) is 6.92 Å². The molecule has 0 amide bonds. The number of pyridine rings is 1. The molecule has 0 atom stereocenters. The van der Waals surface area contributed by atoms with Gasteiger partial charge in [-0.15, -0.1) is 12.4 Å². The second-order valence-electron chi connectivity index (χ2n) is 2.47. The zero-order chi connectivity index (χ0) is 10.0. The van der Waals surface area contributed by atoms with Crippen LogP contribution in [-0.4, -0.2) is 27.1 Å². The minimum atomic E-state index is -1.17. The Hall–Kier alpha value is -1.62. The fourth-order valence-electron chi connectivity index (χ4n) is 0.956. The maximum absolute atomic E-state index is 10.6. The first-order chi connectivity index (χ1) is 6.04. The second-order valence-corrected chi connectivity index (χ2v) is 2.47. The van der Waals surface area contributed by atoms with E-state index < -0.39 is 11.9 Å². The summed E-state index contributed by atoms with van der Waals surface area (Å²) in [6, 6.07) is 0. The van der Waals surface area contributed by atoms with E-state index in [2.05, 4.69) is 4.98 Å². The van der Waals surface area contributed by atoms with Crippen molar-refractivity contribution in [2.24, 2.45) is 0 Å². The highest BCUT2D eigenvalue weighted by atomic mass is 35.5. The van der Waals surface area contributed by atoms with Crippen molar-refractivity contribution in [1.29, 1.82) is 0 Å². The van der Waals surface area contributed by atoms with Gasteiger partial charge in [-0.2, -0.15) is 0 Å². The highest BCUT2D eigenvalue weighted by molar-refractivity contribution is 5.95. The average molecular weight is 218 g/mol. The summed E-state index contributed by atoms with van der Waals surface area (Å²) in [7, 11) is 0. The van der Waals surface area contributed by atoms with Crippen LogP contribution in [0.4, 0.5) is 0 Å². The average Bonchev–Trinajstić information content (AvgIpc) is 2.03. The van der Waals surface area contributed by atoms with Gasteiger partial charge in [0.25, 0.3) is 0 Å². The van der Waals surface area contributed by atoms with Gasteiger partial charge in [0.1, 0.15) is 0 Å². The Bertz CT molecular complexity index is 345. The van der Waals surface area contributed by atoms with Gasteiger partial charge in [0.15, 0.2) is 0 Å². The summed E-state index contributed by atoms with van der Waals surface area (Å²) >= 11 is 0. The van der Waals surface area contributed by atoms with E-state index in [0.29, 0.717) is 0 Å². The Morgan fingerprint density at radius 3 is 1.79 bits per heavy atom. The first-order valence-electron chi connectivity index (χ1n) is 3.45. The molecule has 0 aromatic carbocycles. The molecule has 6 heteroatoms. The molecule has 14 heavy (non-hydrogen) atoms. The first kappa shape index (κ1) is 12.4. The van der Waals surface area contributed by atoms with E-state index in [9.17, 15) is 9.59 Å². The number of nitrogens with zero attached hydrogens (tertiary/aromatic N) is 1. The van der Waals surface area contributed by atoms with Crippen LogP contribution in [0.3, 0.4) is 0 Å². The monoisotopic (exact) mass is 217 g/mol. The number of aromatic carboxylic acids is 2. The van der Waals surface area contributed by atoms with Crippen LogP contribution in [0.2, 0.25) is 0 Å². The van der Waals surface area contributed by atoms with Crippen LogP contribution in [0, 0.1) is 6.92 Å². The predicted octanol–water partition coefficient (Wildman–Crippen LogP) is 1.21. The summed E-state index contributed by atoms with van der Waals surface area (Å²) in [6.45, 7) is 1.44. The highest BCUT2D eigenvalue weighted by Gasteiger charge is 2.14. The van der Waals surface area contributed by atoms with Gasteiger partial charge >= 0.3 is 11.9 Å². The fourth-order valence-corrected chi connectivity index (χ4v) is 0.956. The van der Waals surface area contributed by atoms with Crippen molar-refractivity contribution < 1.29 is 19.8 Å². The molecule has 1 rings (SSSR count). The fraction of sp³-hybridized carbons (Fsp3) is 0.125. The van der Waals surface area contributed by atoms with Crippen LogP contribution in [0.1, 0.15) is 26.3 Å². The van der Waals surface area contributed by atoms with Crippen LogP contribution in [0.5, 0.6) is 0 Å². The van der Waals surface area contributed by atoms with Crippen molar-refractivity contribution in [3.63, 3.8) is 0 Å². The number of carbonyl (C=O) groups is 2. The molecule has 2 N–H and O–H groups in total. The van der Waals surface area contributed by atoms with E-state index >= 15 is 0 Å². The Morgan fingerprint density at radius 2 is 1.50 bits per heavy atom. The molecule has 0 fully saturated rings. The van der Waals surface area contributed by atoms with Crippen molar-refractivity contribution in [2.45, 2.75) is 6.92 Å². The summed E-state index contributed by atoms with van der Waals surface area (Å²) in [5.74, 6) is -2.35. The van der Waals surface area contributed by atoms with Crippen LogP contribution in [0.25, 0.3) is 0 Å². The molecule has 0 radical (unpaired) electrons. The van der Waals surface area contributed by atoms with Crippen LogP contribution in [0.15, 0.2) is 12.4 Å². The molecule has 76 valence electrons. The number of carboxylic acids is 2. The third-order valence-corrected chi connectivity index (χ3v) is 1.68. The van der Waals surface area contributed by atoms with Crippen molar-refractivity contribution in [3.8, 4) is 0 Å². The lowest BCUT2D eigenvalue weighted by Gasteiger charge is -2.02. The molecule has 0 bridgehead atoms. The third kappa shape index (κ3) is 2.20. The summed E-state index contributed by atoms with van der Waals surface area (Å²) in [6.07, 6.45) is 2.26. The van der Waals surface area contributed by atoms with E-state index in [1.54, 1.807) is 0 Å². The van der Waals surface area contributed by atoms with Crippen LogP contribution < -0.4 is 0 Å². The molecule has 0 aliphatic rings. The molecule has 1 heterocycles. The molecule has 0 aliphatic carbocycles. The van der Waals surface area contributed by atoms with Gasteiger partial charge < -0.3 is 10.2 Å². The molecular weight excluding hydrogens is 210 g/mol. The molecule has 1 aromatic heterocycles. The van der Waals surface area contributed by atoms with Crippen LogP contribution in [-0.2, 0) is 0 Å². The van der Waals surface area contributed by atoms with Crippen molar-refractivity contribution >= 4 is 24.3 Å². The highest BCUT2D eigenvalue weighted by Crippen LogP contribution is 2.11. The number of hydrogen-bond acceptors (Lipinski definition) is 3. The van der Waals surface area contributed by atoms with E-state index in [0.717, 1.165) is 12.4 Å². The Balaban J connectivity index is 0.00000169. The number of rotatable bonds is 2. The van der Waals surface area contributed by atoms with E-state index in [1.807, 2.05) is 0 Å². The quantitative estimate of drug-likeness (QED) is 0.778. The van der Waals surface area contributed by atoms with Gasteiger partial charge in [0.2, 0.25) is 0 Å². The predicted molar refractivity (Wildman–Crippen MR) is 50.1 cm³/mol. The first-order valence-corrected chi connectivity index (χ1v) is 3.45. The Kier molecular flexibility index (Phi) is 4.04. The zero-order valence-electron chi connectivity index (χ0n) is 7.22. The molecule has 0 saturated heterocycles. The lowest BCUT2D eigenvalue weighted by molar-refractivity contribution is 0.0695. The number of aromatic nitrogens is 1. The minimum Gasteiger partial charge on any atom is -0.478 e. The largest absolute Gasteiger partial charge is 0.478 e. The van der Waals surface area contributed by atoms with Gasteiger partial charge in [-0.3, -0.25) is 4.98 Å². The SMILES string of the molecule is Cc1c(C(=O)O)cncc1C(=O)O.Cl. The third-order valence-electron chi connectivity index (χ3n) is 1.68. The van der Waals surface area contributed by atoms with Gasteiger partial charge in [0.05, 0.1) is 11.1 Å². The molecule has 0 aliphatic heterocycles. The van der Waals surface area contributed by atoms with E-state index in [-0.39, 0.29) is 29.1 Å². The lowest BCUT2D eigenvalue weighted by atomic mass is 10.1. The summed E-state index contributed by atoms with van der Waals surface area (Å²) < 4.78 is 0. The van der Waals surface area contributed by atoms with Crippen LogP contribution >= 0.6 is 12.4 Å². The second kappa shape index (κ2) is 4.57. The standard InChI is InChI=1S/C8H7NO4.ClH/c1-4-5(7(10)11)2-9-3-6(4)8(12)13;/h2-3H,1H3,(H,10,11)(H,12,13);1H. The minimum absolute atomic E-state index is 0. The van der Waals surface area contributed by atoms with Gasteiger partial charge in [-0.1, -0.05) is 0 Å². The molecule has 5 nitrogen and oxygen atoms in total. The van der Waals surface area contributed by atoms with Gasteiger partial charge in [-0.25, -0.2) is 9.59 Å². The van der Waals surface area contributed by atoms with Gasteiger partial charge in [0, 0.05) is 12.4 Å². The topological polar surface area (TPSA) is 87.5 Å². The maximum atomic E-state index is 10.6. The Labute approximate surface area is 85.8 Å². The summed E-state index contributed by atoms with van der Waals surface area (Å²) in [5.41, 5.74) is 0.0507. The number of hydrogen-bond donors (Lipinski definition) is 2. The molecular formula is C8H8ClNO4. The number of carboxylic acid groups (broad SMARTS) is 2.